The van der Waals surface area contributed by atoms with Crippen molar-refractivity contribution in [3.63, 3.8) is 0 Å². The number of benzene rings is 2. The fourth-order valence-electron chi connectivity index (χ4n) is 2.28. The highest BCUT2D eigenvalue weighted by Gasteiger charge is 2.02. The Labute approximate surface area is 153 Å². The minimum Gasteiger partial charge on any atom is -0.484 e. The molecule has 0 atom stereocenters. The van der Waals surface area contributed by atoms with Gasteiger partial charge in [0.2, 0.25) is 0 Å². The summed E-state index contributed by atoms with van der Waals surface area (Å²) >= 11 is 5.88. The zero-order chi connectivity index (χ0) is 17.9. The lowest BCUT2D eigenvalue weighted by Crippen LogP contribution is -2.24. The highest BCUT2D eigenvalue weighted by molar-refractivity contribution is 6.30. The Morgan fingerprint density at radius 1 is 1.20 bits per heavy atom. The maximum absolute atomic E-state index is 11.7. The summed E-state index contributed by atoms with van der Waals surface area (Å²) in [5.41, 5.74) is 4.53. The van der Waals surface area contributed by atoms with E-state index in [1.165, 1.54) is 31.0 Å². The van der Waals surface area contributed by atoms with Crippen LogP contribution in [0.4, 0.5) is 0 Å². The Kier molecular flexibility index (Phi) is 7.99. The lowest BCUT2D eigenvalue weighted by Gasteiger charge is -2.06. The van der Waals surface area contributed by atoms with Gasteiger partial charge in [-0.1, -0.05) is 55.6 Å². The van der Waals surface area contributed by atoms with Crippen LogP contribution < -0.4 is 10.2 Å². The number of ether oxygens (including phenoxy) is 1. The van der Waals surface area contributed by atoms with Crippen LogP contribution in [0.15, 0.2) is 53.6 Å². The quantitative estimate of drug-likeness (QED) is 0.404. The summed E-state index contributed by atoms with van der Waals surface area (Å²) in [5, 5.41) is 4.51. The van der Waals surface area contributed by atoms with Gasteiger partial charge in [-0.15, -0.1) is 0 Å². The molecule has 0 saturated heterocycles. The fourth-order valence-corrected chi connectivity index (χ4v) is 2.48. The predicted molar refractivity (Wildman–Crippen MR) is 102 cm³/mol. The molecule has 1 amide bonds. The molecule has 1 N–H and O–H groups in total. The van der Waals surface area contributed by atoms with Crippen LogP contribution in [0.1, 0.15) is 37.3 Å². The lowest BCUT2D eigenvalue weighted by atomic mass is 10.1. The first-order valence-corrected chi connectivity index (χ1v) is 8.84. The molecule has 2 aromatic carbocycles. The number of carbonyl (C=O) groups excluding carboxylic acids is 1. The molecule has 5 heteroatoms. The monoisotopic (exact) mass is 358 g/mol. The van der Waals surface area contributed by atoms with Gasteiger partial charge < -0.3 is 4.74 Å². The molecule has 25 heavy (non-hydrogen) atoms. The second-order valence-electron chi connectivity index (χ2n) is 5.74. The second-order valence-corrected chi connectivity index (χ2v) is 6.17. The van der Waals surface area contributed by atoms with Gasteiger partial charge in [0.1, 0.15) is 5.75 Å². The van der Waals surface area contributed by atoms with E-state index >= 15 is 0 Å². The third-order valence-electron chi connectivity index (χ3n) is 3.61. The molecule has 0 fully saturated rings. The largest absolute Gasteiger partial charge is 0.484 e. The van der Waals surface area contributed by atoms with Gasteiger partial charge in [-0.25, -0.2) is 5.43 Å². The van der Waals surface area contributed by atoms with Crippen molar-refractivity contribution in [2.45, 2.75) is 32.6 Å². The predicted octanol–water partition coefficient (Wildman–Crippen LogP) is 4.60. The lowest BCUT2D eigenvalue weighted by molar-refractivity contribution is -0.123. The molecule has 0 aromatic heterocycles. The van der Waals surface area contributed by atoms with Crippen molar-refractivity contribution >= 4 is 23.7 Å². The van der Waals surface area contributed by atoms with E-state index in [-0.39, 0.29) is 12.5 Å². The number of hydrogen-bond donors (Lipinski definition) is 1. The standard InChI is InChI=1S/C20H23ClN2O2/c1-2-3-4-6-16-9-11-19(12-10-16)25-15-20(24)23-22-14-17-7-5-8-18(21)13-17/h5,7-14H,2-4,6,15H2,1H3,(H,23,24)/b22-14+. The van der Waals surface area contributed by atoms with Crippen molar-refractivity contribution in [2.24, 2.45) is 5.10 Å². The summed E-state index contributed by atoms with van der Waals surface area (Å²) < 4.78 is 5.46. The molecule has 4 nitrogen and oxygen atoms in total. The molecule has 0 radical (unpaired) electrons. The molecule has 0 unspecified atom stereocenters. The highest BCUT2D eigenvalue weighted by Crippen LogP contribution is 2.14. The molecule has 0 bridgehead atoms. The van der Waals surface area contributed by atoms with Gasteiger partial charge in [0.05, 0.1) is 6.21 Å². The van der Waals surface area contributed by atoms with Crippen molar-refractivity contribution in [3.05, 3.63) is 64.7 Å². The first-order chi connectivity index (χ1) is 12.2. The van der Waals surface area contributed by atoms with Crippen molar-refractivity contribution in [1.82, 2.24) is 5.43 Å². The van der Waals surface area contributed by atoms with Gasteiger partial charge in [0.15, 0.2) is 6.61 Å². The number of amides is 1. The number of carbonyl (C=O) groups is 1. The summed E-state index contributed by atoms with van der Waals surface area (Å²) in [6.45, 7) is 2.11. The first kappa shape index (κ1) is 19.0. The van der Waals surface area contributed by atoms with E-state index in [2.05, 4.69) is 17.5 Å². The van der Waals surface area contributed by atoms with E-state index in [0.29, 0.717) is 10.8 Å². The van der Waals surface area contributed by atoms with Crippen LogP contribution >= 0.6 is 11.6 Å². The summed E-state index contributed by atoms with van der Waals surface area (Å²) in [6, 6.07) is 15.1. The number of aryl methyl sites for hydroxylation is 1. The Morgan fingerprint density at radius 2 is 2.00 bits per heavy atom. The summed E-state index contributed by atoms with van der Waals surface area (Å²) in [4.78, 5) is 11.7. The average molecular weight is 359 g/mol. The Balaban J connectivity index is 1.72. The summed E-state index contributed by atoms with van der Waals surface area (Å²) in [5.74, 6) is 0.360. The molecule has 0 heterocycles. The van der Waals surface area contributed by atoms with Crippen molar-refractivity contribution in [2.75, 3.05) is 6.61 Å². The molecule has 0 aliphatic heterocycles. The second kappa shape index (κ2) is 10.5. The zero-order valence-corrected chi connectivity index (χ0v) is 15.1. The van der Waals surface area contributed by atoms with Crippen LogP contribution in [-0.2, 0) is 11.2 Å². The average Bonchev–Trinajstić information content (AvgIpc) is 2.61. The Morgan fingerprint density at radius 3 is 2.72 bits per heavy atom. The summed E-state index contributed by atoms with van der Waals surface area (Å²) in [6.07, 6.45) is 6.27. The molecular weight excluding hydrogens is 336 g/mol. The van der Waals surface area contributed by atoms with Crippen LogP contribution in [0.25, 0.3) is 0 Å². The van der Waals surface area contributed by atoms with E-state index in [4.69, 9.17) is 16.3 Å². The maximum atomic E-state index is 11.7. The minimum atomic E-state index is -0.315. The van der Waals surface area contributed by atoms with E-state index in [1.807, 2.05) is 36.4 Å². The number of halogens is 1. The van der Waals surface area contributed by atoms with E-state index < -0.39 is 0 Å². The van der Waals surface area contributed by atoms with Crippen LogP contribution in [0.2, 0.25) is 5.02 Å². The van der Waals surface area contributed by atoms with Crippen LogP contribution in [0, 0.1) is 0 Å². The molecule has 0 aliphatic carbocycles. The topological polar surface area (TPSA) is 50.7 Å². The third kappa shape index (κ3) is 7.40. The van der Waals surface area contributed by atoms with Crippen LogP contribution in [-0.4, -0.2) is 18.7 Å². The first-order valence-electron chi connectivity index (χ1n) is 8.46. The molecule has 2 aromatic rings. The van der Waals surface area contributed by atoms with Gasteiger partial charge >= 0.3 is 0 Å². The Hall–Kier alpha value is -2.33. The number of nitrogens with zero attached hydrogens (tertiary/aromatic N) is 1. The Bertz CT molecular complexity index is 699. The fraction of sp³-hybridized carbons (Fsp3) is 0.300. The highest BCUT2D eigenvalue weighted by atomic mass is 35.5. The van der Waals surface area contributed by atoms with Crippen LogP contribution in [0.5, 0.6) is 5.75 Å². The van der Waals surface area contributed by atoms with E-state index in [0.717, 1.165) is 12.0 Å². The molecule has 2 rings (SSSR count). The van der Waals surface area contributed by atoms with E-state index in [1.54, 1.807) is 12.1 Å². The van der Waals surface area contributed by atoms with E-state index in [9.17, 15) is 4.79 Å². The summed E-state index contributed by atoms with van der Waals surface area (Å²) in [7, 11) is 0. The zero-order valence-electron chi connectivity index (χ0n) is 14.4. The van der Waals surface area contributed by atoms with Crippen LogP contribution in [0.3, 0.4) is 0 Å². The normalized spacial score (nSPS) is 10.8. The maximum Gasteiger partial charge on any atom is 0.277 e. The molecule has 0 saturated carbocycles. The van der Waals surface area contributed by atoms with Gasteiger partial charge in [-0.2, -0.15) is 5.10 Å². The molecule has 132 valence electrons. The number of rotatable bonds is 9. The van der Waals surface area contributed by atoms with Gasteiger partial charge in [0.25, 0.3) is 5.91 Å². The number of hydrazone groups is 1. The SMILES string of the molecule is CCCCCc1ccc(OCC(=O)N/N=C/c2cccc(Cl)c2)cc1. The molecular formula is C20H23ClN2O2. The smallest absolute Gasteiger partial charge is 0.277 e. The number of nitrogens with one attached hydrogen (secondary N) is 1. The minimum absolute atomic E-state index is 0.0813. The molecule has 0 spiro atoms. The third-order valence-corrected chi connectivity index (χ3v) is 3.85. The van der Waals surface area contributed by atoms with Crippen molar-refractivity contribution in [3.8, 4) is 5.75 Å². The molecule has 0 aliphatic rings. The number of hydrogen-bond acceptors (Lipinski definition) is 3. The van der Waals surface area contributed by atoms with Gasteiger partial charge in [0, 0.05) is 5.02 Å². The van der Waals surface area contributed by atoms with Gasteiger partial charge in [-0.05, 0) is 48.2 Å². The number of unbranched alkanes of at least 4 members (excludes halogenated alkanes) is 2. The van der Waals surface area contributed by atoms with Crippen molar-refractivity contribution < 1.29 is 9.53 Å². The van der Waals surface area contributed by atoms with Crippen molar-refractivity contribution in [1.29, 1.82) is 0 Å². The van der Waals surface area contributed by atoms with Gasteiger partial charge in [-0.3, -0.25) is 4.79 Å².